The molecule has 2 fully saturated rings. The summed E-state index contributed by atoms with van der Waals surface area (Å²) in [5, 5.41) is 30.4. The fourth-order valence-electron chi connectivity index (χ4n) is 3.94. The van der Waals surface area contributed by atoms with Gasteiger partial charge in [0.2, 0.25) is 12.1 Å². The van der Waals surface area contributed by atoms with Crippen LogP contribution in [0.1, 0.15) is 34.6 Å². The summed E-state index contributed by atoms with van der Waals surface area (Å²) >= 11 is 0. The van der Waals surface area contributed by atoms with Crippen molar-refractivity contribution < 1.29 is 77.2 Å². The smallest absolute Gasteiger partial charge is 0.303 e. The van der Waals surface area contributed by atoms with Crippen molar-refractivity contribution >= 4 is 29.8 Å². The van der Waals surface area contributed by atoms with E-state index in [2.05, 4.69) is 0 Å². The van der Waals surface area contributed by atoms with E-state index in [1.54, 1.807) is 0 Å². The summed E-state index contributed by atoms with van der Waals surface area (Å²) in [7, 11) is 0. The van der Waals surface area contributed by atoms with E-state index in [4.69, 9.17) is 37.9 Å². The third kappa shape index (κ3) is 7.81. The van der Waals surface area contributed by atoms with Crippen LogP contribution in [0.15, 0.2) is 0 Å². The van der Waals surface area contributed by atoms with E-state index in [-0.39, 0.29) is 0 Å². The van der Waals surface area contributed by atoms with Crippen molar-refractivity contribution in [2.75, 3.05) is 19.8 Å². The molecule has 0 bridgehead atoms. The van der Waals surface area contributed by atoms with Crippen LogP contribution in [0.4, 0.5) is 0 Å². The lowest BCUT2D eigenvalue weighted by atomic mass is 9.98. The van der Waals surface area contributed by atoms with Crippen molar-refractivity contribution in [1.29, 1.82) is 0 Å². The van der Waals surface area contributed by atoms with Gasteiger partial charge in [-0.15, -0.1) is 0 Å². The van der Waals surface area contributed by atoms with Gasteiger partial charge >= 0.3 is 29.8 Å². The van der Waals surface area contributed by atoms with Crippen molar-refractivity contribution in [2.45, 2.75) is 89.4 Å². The van der Waals surface area contributed by atoms with Crippen LogP contribution in [0.25, 0.3) is 0 Å². The Morgan fingerprint density at radius 2 is 1.29 bits per heavy atom. The number of ether oxygens (including phenoxy) is 8. The zero-order valence-electron chi connectivity index (χ0n) is 21.4. The van der Waals surface area contributed by atoms with Crippen LogP contribution in [0.2, 0.25) is 0 Å². The molecule has 0 radical (unpaired) electrons. The molecule has 0 spiro atoms. The maximum absolute atomic E-state index is 12.1. The molecule has 2 aliphatic rings. The lowest BCUT2D eigenvalue weighted by Gasteiger charge is -2.44. The Labute approximate surface area is 216 Å². The van der Waals surface area contributed by atoms with Gasteiger partial charge in [-0.25, -0.2) is 0 Å². The Balaban J connectivity index is 2.60. The third-order valence-corrected chi connectivity index (χ3v) is 5.41. The fourth-order valence-corrected chi connectivity index (χ4v) is 3.94. The molecule has 216 valence electrons. The molecule has 0 aromatic rings. The molecule has 16 heteroatoms. The highest BCUT2D eigenvalue weighted by Gasteiger charge is 2.64. The Hall–Kier alpha value is -2.89. The average molecular weight is 552 g/mol. The molecule has 3 N–H and O–H groups in total. The van der Waals surface area contributed by atoms with E-state index < -0.39 is 104 Å². The third-order valence-electron chi connectivity index (χ3n) is 5.41. The number of hydrogen-bond acceptors (Lipinski definition) is 16. The maximum Gasteiger partial charge on any atom is 0.303 e. The van der Waals surface area contributed by atoms with E-state index in [0.29, 0.717) is 0 Å². The minimum absolute atomic E-state index is 0.532. The Kier molecular flexibility index (Phi) is 10.9. The number of aliphatic hydroxyl groups excluding tert-OH is 3. The number of rotatable bonds is 10. The van der Waals surface area contributed by atoms with Gasteiger partial charge in [0.15, 0.2) is 18.3 Å². The van der Waals surface area contributed by atoms with Crippen LogP contribution < -0.4 is 0 Å². The average Bonchev–Trinajstić information content (AvgIpc) is 3.07. The molecule has 0 aliphatic carbocycles. The minimum Gasteiger partial charge on any atom is -0.463 e. The van der Waals surface area contributed by atoms with E-state index in [1.807, 2.05) is 0 Å². The molecule has 0 aromatic carbocycles. The van der Waals surface area contributed by atoms with E-state index >= 15 is 0 Å². The van der Waals surface area contributed by atoms with E-state index in [0.717, 1.165) is 34.6 Å². The summed E-state index contributed by atoms with van der Waals surface area (Å²) in [5.74, 6) is -6.61. The topological polar surface area (TPSA) is 220 Å². The highest BCUT2D eigenvalue weighted by atomic mass is 16.8. The van der Waals surface area contributed by atoms with Gasteiger partial charge in [-0.2, -0.15) is 0 Å². The van der Waals surface area contributed by atoms with Crippen molar-refractivity contribution in [3.8, 4) is 0 Å². The van der Waals surface area contributed by atoms with Gasteiger partial charge in [-0.1, -0.05) is 0 Å². The second-order valence-corrected chi connectivity index (χ2v) is 8.55. The van der Waals surface area contributed by atoms with Crippen LogP contribution in [-0.4, -0.2) is 120 Å². The van der Waals surface area contributed by atoms with Gasteiger partial charge < -0.3 is 53.2 Å². The second kappa shape index (κ2) is 13.3. The van der Waals surface area contributed by atoms with Crippen LogP contribution in [0.3, 0.4) is 0 Å². The van der Waals surface area contributed by atoms with Crippen LogP contribution in [-0.2, 0) is 61.9 Å². The molecular formula is C22H32O16. The summed E-state index contributed by atoms with van der Waals surface area (Å²) < 4.78 is 43.1. The normalized spacial score (nSPS) is 34.6. The second-order valence-electron chi connectivity index (χ2n) is 8.55. The van der Waals surface area contributed by atoms with Crippen LogP contribution >= 0.6 is 0 Å². The minimum atomic E-state index is -2.37. The Morgan fingerprint density at radius 1 is 0.737 bits per heavy atom. The predicted octanol–water partition coefficient (Wildman–Crippen LogP) is -2.54. The molecule has 2 heterocycles. The van der Waals surface area contributed by atoms with Gasteiger partial charge in [0, 0.05) is 34.6 Å². The van der Waals surface area contributed by atoms with Gasteiger partial charge in [-0.3, -0.25) is 24.0 Å². The quantitative estimate of drug-likeness (QED) is 0.188. The largest absolute Gasteiger partial charge is 0.463 e. The fraction of sp³-hybridized carbons (Fsp3) is 0.773. The van der Waals surface area contributed by atoms with Gasteiger partial charge in [0.1, 0.15) is 37.6 Å². The lowest BCUT2D eigenvalue weighted by molar-refractivity contribution is -0.384. The molecule has 2 rings (SSSR count). The first-order chi connectivity index (χ1) is 17.7. The monoisotopic (exact) mass is 552 g/mol. The first-order valence-corrected chi connectivity index (χ1v) is 11.5. The molecule has 0 aromatic heterocycles. The van der Waals surface area contributed by atoms with Gasteiger partial charge in [-0.05, 0) is 0 Å². The standard InChI is InChI=1S/C22H32O16/c1-9(24)31-7-15-18(33-11(3)26)20(35-13(5)28)22(37-15,8-32-10(2)25)38-21-19(34-12(4)27)17(30)16(29)14(6-23)36-21/h14-21,23,29-30H,6-8H2,1-5H3. The number of carbonyl (C=O) groups excluding carboxylic acids is 5. The zero-order valence-corrected chi connectivity index (χ0v) is 21.4. The van der Waals surface area contributed by atoms with Crippen LogP contribution in [0.5, 0.6) is 0 Å². The number of aliphatic hydroxyl groups is 3. The van der Waals surface area contributed by atoms with E-state index in [1.165, 1.54) is 0 Å². The van der Waals surface area contributed by atoms with Gasteiger partial charge in [0.05, 0.1) is 6.61 Å². The molecule has 9 unspecified atom stereocenters. The molecule has 38 heavy (non-hydrogen) atoms. The number of hydrogen-bond donors (Lipinski definition) is 3. The first kappa shape index (κ1) is 31.3. The molecule has 16 nitrogen and oxygen atoms in total. The maximum atomic E-state index is 12.1. The molecule has 2 aliphatic heterocycles. The summed E-state index contributed by atoms with van der Waals surface area (Å²) in [6.45, 7) is 3.04. The van der Waals surface area contributed by atoms with E-state index in [9.17, 15) is 39.3 Å². The lowest BCUT2D eigenvalue weighted by Crippen LogP contribution is -2.64. The Bertz CT molecular complexity index is 891. The first-order valence-electron chi connectivity index (χ1n) is 11.5. The summed E-state index contributed by atoms with van der Waals surface area (Å²) in [4.78, 5) is 58.8. The molecule has 2 saturated heterocycles. The van der Waals surface area contributed by atoms with Gasteiger partial charge in [0.25, 0.3) is 0 Å². The molecule has 0 saturated carbocycles. The Morgan fingerprint density at radius 3 is 1.79 bits per heavy atom. The summed E-state index contributed by atoms with van der Waals surface area (Å²) in [5.41, 5.74) is 0. The molecular weight excluding hydrogens is 520 g/mol. The van der Waals surface area contributed by atoms with Crippen molar-refractivity contribution in [3.63, 3.8) is 0 Å². The van der Waals surface area contributed by atoms with Crippen molar-refractivity contribution in [2.24, 2.45) is 0 Å². The molecule has 0 amide bonds. The highest BCUT2D eigenvalue weighted by molar-refractivity contribution is 5.68. The molecule has 9 atom stereocenters. The zero-order chi connectivity index (χ0) is 28.8. The summed E-state index contributed by atoms with van der Waals surface area (Å²) in [6.07, 6.45) is -13.1. The summed E-state index contributed by atoms with van der Waals surface area (Å²) in [6, 6.07) is 0. The van der Waals surface area contributed by atoms with Crippen LogP contribution in [0, 0.1) is 0 Å². The SMILES string of the molecule is CC(=O)OCC1OC(COC(C)=O)(OC2OC(CO)C(O)C(O)C2OC(C)=O)C(OC(C)=O)C1OC(C)=O. The predicted molar refractivity (Wildman–Crippen MR) is 116 cm³/mol. The number of carbonyl (C=O) groups is 5. The van der Waals surface area contributed by atoms with Crippen molar-refractivity contribution in [1.82, 2.24) is 0 Å². The highest BCUT2D eigenvalue weighted by Crippen LogP contribution is 2.40. The number of esters is 5. The van der Waals surface area contributed by atoms with Crippen molar-refractivity contribution in [3.05, 3.63) is 0 Å².